The normalized spacial score (nSPS) is 11.0. The third-order valence-corrected chi connectivity index (χ3v) is 4.47. The Morgan fingerprint density at radius 2 is 1.92 bits per heavy atom. The standard InChI is InChI=1S/C19H19N3OS/c1-12(2)19(23)22-16-11-14-5-4-10-20-17(14)18(21-16)13-6-8-15(24-3)9-7-13/h4-12H,1-3H3,(H,21,22,23). The lowest BCUT2D eigenvalue weighted by molar-refractivity contribution is -0.118. The lowest BCUT2D eigenvalue weighted by atomic mass is 10.1. The molecule has 0 spiro atoms. The van der Waals surface area contributed by atoms with Crippen molar-refractivity contribution in [3.8, 4) is 11.3 Å². The van der Waals surface area contributed by atoms with E-state index >= 15 is 0 Å². The minimum atomic E-state index is -0.0966. The Kier molecular flexibility index (Phi) is 4.81. The molecule has 122 valence electrons. The third kappa shape index (κ3) is 3.41. The van der Waals surface area contributed by atoms with Gasteiger partial charge in [0.1, 0.15) is 5.82 Å². The van der Waals surface area contributed by atoms with E-state index in [9.17, 15) is 4.79 Å². The Morgan fingerprint density at radius 1 is 1.17 bits per heavy atom. The number of hydrogen-bond acceptors (Lipinski definition) is 4. The Morgan fingerprint density at radius 3 is 2.58 bits per heavy atom. The second kappa shape index (κ2) is 7.01. The largest absolute Gasteiger partial charge is 0.310 e. The van der Waals surface area contributed by atoms with Crippen molar-refractivity contribution in [2.24, 2.45) is 5.92 Å². The molecule has 0 radical (unpaired) electrons. The first-order chi connectivity index (χ1) is 11.6. The first kappa shape index (κ1) is 16.5. The van der Waals surface area contributed by atoms with Crippen molar-refractivity contribution >= 4 is 34.4 Å². The number of nitrogens with zero attached hydrogens (tertiary/aromatic N) is 2. The number of aromatic nitrogens is 2. The summed E-state index contributed by atoms with van der Waals surface area (Å²) in [5.41, 5.74) is 2.59. The monoisotopic (exact) mass is 337 g/mol. The zero-order chi connectivity index (χ0) is 17.1. The number of thioether (sulfide) groups is 1. The topological polar surface area (TPSA) is 54.9 Å². The molecule has 0 bridgehead atoms. The van der Waals surface area contributed by atoms with E-state index in [-0.39, 0.29) is 11.8 Å². The van der Waals surface area contributed by atoms with Gasteiger partial charge >= 0.3 is 0 Å². The van der Waals surface area contributed by atoms with Crippen LogP contribution >= 0.6 is 11.8 Å². The summed E-state index contributed by atoms with van der Waals surface area (Å²) < 4.78 is 0. The van der Waals surface area contributed by atoms with Gasteiger partial charge in [0.05, 0.1) is 11.2 Å². The lowest BCUT2D eigenvalue weighted by Crippen LogP contribution is -2.18. The summed E-state index contributed by atoms with van der Waals surface area (Å²) in [6.07, 6.45) is 3.81. The molecule has 2 aromatic heterocycles. The fourth-order valence-corrected chi connectivity index (χ4v) is 2.78. The molecule has 1 aromatic carbocycles. The molecule has 0 saturated carbocycles. The molecule has 0 aliphatic rings. The lowest BCUT2D eigenvalue weighted by Gasteiger charge is -2.11. The molecule has 3 rings (SSSR count). The second-order valence-corrected chi connectivity index (χ2v) is 6.68. The van der Waals surface area contributed by atoms with Crippen LogP contribution in [0.3, 0.4) is 0 Å². The minimum Gasteiger partial charge on any atom is -0.310 e. The Labute approximate surface area is 145 Å². The van der Waals surface area contributed by atoms with Crippen LogP contribution in [-0.4, -0.2) is 22.1 Å². The molecule has 0 atom stereocenters. The van der Waals surface area contributed by atoms with Gasteiger partial charge in [-0.1, -0.05) is 32.0 Å². The van der Waals surface area contributed by atoms with Crippen LogP contribution in [0.1, 0.15) is 13.8 Å². The highest BCUT2D eigenvalue weighted by atomic mass is 32.2. The number of pyridine rings is 2. The van der Waals surface area contributed by atoms with Crippen molar-refractivity contribution in [3.63, 3.8) is 0 Å². The highest BCUT2D eigenvalue weighted by Gasteiger charge is 2.13. The summed E-state index contributed by atoms with van der Waals surface area (Å²) in [6.45, 7) is 3.72. The van der Waals surface area contributed by atoms with E-state index in [0.29, 0.717) is 5.82 Å². The SMILES string of the molecule is CSc1ccc(-c2nc(NC(=O)C(C)C)cc3cccnc23)cc1. The number of hydrogen-bond donors (Lipinski definition) is 1. The first-order valence-corrected chi connectivity index (χ1v) is 9.02. The van der Waals surface area contributed by atoms with Crippen molar-refractivity contribution in [3.05, 3.63) is 48.7 Å². The van der Waals surface area contributed by atoms with Crippen LogP contribution in [0.15, 0.2) is 53.6 Å². The maximum absolute atomic E-state index is 12.0. The van der Waals surface area contributed by atoms with Gasteiger partial charge in [-0.2, -0.15) is 0 Å². The Hall–Kier alpha value is -2.40. The number of amides is 1. The van der Waals surface area contributed by atoms with Gasteiger partial charge < -0.3 is 5.32 Å². The van der Waals surface area contributed by atoms with E-state index in [1.54, 1.807) is 18.0 Å². The van der Waals surface area contributed by atoms with Crippen LogP contribution in [0.25, 0.3) is 22.2 Å². The molecule has 0 aliphatic carbocycles. The smallest absolute Gasteiger partial charge is 0.228 e. The molecule has 1 amide bonds. The summed E-state index contributed by atoms with van der Waals surface area (Å²) in [5.74, 6) is 0.410. The van der Waals surface area contributed by atoms with Gasteiger partial charge in [-0.15, -0.1) is 11.8 Å². The van der Waals surface area contributed by atoms with Crippen LogP contribution in [0.2, 0.25) is 0 Å². The maximum atomic E-state index is 12.0. The van der Waals surface area contributed by atoms with E-state index in [2.05, 4.69) is 27.4 Å². The molecule has 0 unspecified atom stereocenters. The molecular weight excluding hydrogens is 318 g/mol. The van der Waals surface area contributed by atoms with Crippen LogP contribution < -0.4 is 5.32 Å². The number of anilines is 1. The molecule has 5 heteroatoms. The van der Waals surface area contributed by atoms with E-state index in [1.165, 1.54) is 4.90 Å². The number of benzene rings is 1. The number of nitrogens with one attached hydrogen (secondary N) is 1. The highest BCUT2D eigenvalue weighted by Crippen LogP contribution is 2.29. The average Bonchev–Trinajstić information content (AvgIpc) is 2.61. The quantitative estimate of drug-likeness (QED) is 0.706. The molecule has 24 heavy (non-hydrogen) atoms. The summed E-state index contributed by atoms with van der Waals surface area (Å²) >= 11 is 1.70. The Balaban J connectivity index is 2.11. The van der Waals surface area contributed by atoms with Gasteiger partial charge in [0, 0.05) is 28.0 Å². The molecule has 0 saturated heterocycles. The van der Waals surface area contributed by atoms with Crippen molar-refractivity contribution in [1.82, 2.24) is 9.97 Å². The molecule has 4 nitrogen and oxygen atoms in total. The van der Waals surface area contributed by atoms with Crippen molar-refractivity contribution in [2.75, 3.05) is 11.6 Å². The number of carbonyl (C=O) groups excluding carboxylic acids is 1. The maximum Gasteiger partial charge on any atom is 0.228 e. The van der Waals surface area contributed by atoms with E-state index in [1.807, 2.05) is 50.4 Å². The predicted molar refractivity (Wildman–Crippen MR) is 100 cm³/mol. The third-order valence-electron chi connectivity index (χ3n) is 3.73. The van der Waals surface area contributed by atoms with Gasteiger partial charge in [-0.25, -0.2) is 4.98 Å². The van der Waals surface area contributed by atoms with Gasteiger partial charge in [0.15, 0.2) is 0 Å². The summed E-state index contributed by atoms with van der Waals surface area (Å²) in [5, 5.41) is 3.84. The fourth-order valence-electron chi connectivity index (χ4n) is 2.37. The number of rotatable bonds is 4. The average molecular weight is 337 g/mol. The van der Waals surface area contributed by atoms with E-state index in [0.717, 1.165) is 22.2 Å². The molecule has 0 aliphatic heterocycles. The number of carbonyl (C=O) groups is 1. The van der Waals surface area contributed by atoms with Crippen LogP contribution in [0, 0.1) is 5.92 Å². The van der Waals surface area contributed by atoms with E-state index in [4.69, 9.17) is 0 Å². The van der Waals surface area contributed by atoms with Crippen molar-refractivity contribution < 1.29 is 4.79 Å². The second-order valence-electron chi connectivity index (χ2n) is 5.80. The van der Waals surface area contributed by atoms with Gasteiger partial charge in [0.25, 0.3) is 0 Å². The van der Waals surface area contributed by atoms with E-state index < -0.39 is 0 Å². The van der Waals surface area contributed by atoms with Crippen LogP contribution in [0.5, 0.6) is 0 Å². The fraction of sp³-hybridized carbons (Fsp3) is 0.211. The summed E-state index contributed by atoms with van der Waals surface area (Å²) in [4.78, 5) is 22.3. The Bertz CT molecular complexity index is 875. The summed E-state index contributed by atoms with van der Waals surface area (Å²) in [6, 6.07) is 13.9. The van der Waals surface area contributed by atoms with Crippen molar-refractivity contribution in [2.45, 2.75) is 18.7 Å². The predicted octanol–water partition coefficient (Wildman–Crippen LogP) is 4.61. The highest BCUT2D eigenvalue weighted by molar-refractivity contribution is 7.98. The number of fused-ring (bicyclic) bond motifs is 1. The van der Waals surface area contributed by atoms with Crippen LogP contribution in [0.4, 0.5) is 5.82 Å². The molecule has 0 fully saturated rings. The van der Waals surface area contributed by atoms with Gasteiger partial charge in [-0.05, 0) is 30.5 Å². The summed E-state index contributed by atoms with van der Waals surface area (Å²) in [7, 11) is 0. The van der Waals surface area contributed by atoms with Gasteiger partial charge in [-0.3, -0.25) is 9.78 Å². The molecule has 3 aromatic rings. The van der Waals surface area contributed by atoms with Crippen LogP contribution in [-0.2, 0) is 4.79 Å². The molecular formula is C19H19N3OS. The van der Waals surface area contributed by atoms with Crippen molar-refractivity contribution in [1.29, 1.82) is 0 Å². The minimum absolute atomic E-state index is 0.0468. The zero-order valence-corrected chi connectivity index (χ0v) is 14.7. The first-order valence-electron chi connectivity index (χ1n) is 7.79. The zero-order valence-electron chi connectivity index (χ0n) is 13.9. The molecule has 2 heterocycles. The van der Waals surface area contributed by atoms with Gasteiger partial charge in [0.2, 0.25) is 5.91 Å². The molecule has 1 N–H and O–H groups in total.